The molecule has 142 valence electrons. The quantitative estimate of drug-likeness (QED) is 0.628. The van der Waals surface area contributed by atoms with Crippen molar-refractivity contribution in [3.05, 3.63) is 107 Å². The van der Waals surface area contributed by atoms with Crippen LogP contribution in [0.25, 0.3) is 0 Å². The maximum Gasteiger partial charge on any atom is 0.338 e. The molecule has 0 unspecified atom stereocenters. The highest BCUT2D eigenvalue weighted by molar-refractivity contribution is 5.92. The molecule has 0 aromatic heterocycles. The van der Waals surface area contributed by atoms with E-state index in [9.17, 15) is 9.59 Å². The van der Waals surface area contributed by atoms with Gasteiger partial charge in [-0.2, -0.15) is 0 Å². The second-order valence-corrected chi connectivity index (χ2v) is 6.60. The Morgan fingerprint density at radius 1 is 0.857 bits per heavy atom. The van der Waals surface area contributed by atoms with Crippen LogP contribution in [-0.4, -0.2) is 18.5 Å². The minimum Gasteiger partial charge on any atom is -0.452 e. The van der Waals surface area contributed by atoms with Gasteiger partial charge in [0.05, 0.1) is 11.6 Å². The van der Waals surface area contributed by atoms with Crippen LogP contribution < -0.4 is 5.32 Å². The molecule has 0 heterocycles. The van der Waals surface area contributed by atoms with Crippen molar-refractivity contribution in [2.24, 2.45) is 0 Å². The largest absolute Gasteiger partial charge is 0.452 e. The summed E-state index contributed by atoms with van der Waals surface area (Å²) in [6.07, 6.45) is 0.628. The summed E-state index contributed by atoms with van der Waals surface area (Å²) in [5.74, 6) is -0.820. The molecule has 28 heavy (non-hydrogen) atoms. The molecule has 0 bridgehead atoms. The molecule has 0 spiro atoms. The number of esters is 1. The smallest absolute Gasteiger partial charge is 0.338 e. The highest BCUT2D eigenvalue weighted by Crippen LogP contribution is 2.16. The van der Waals surface area contributed by atoms with Gasteiger partial charge in [0.25, 0.3) is 5.91 Å². The van der Waals surface area contributed by atoms with E-state index in [1.54, 1.807) is 12.1 Å². The second kappa shape index (κ2) is 9.51. The molecular formula is C24H23NO3. The van der Waals surface area contributed by atoms with Gasteiger partial charge < -0.3 is 10.1 Å². The van der Waals surface area contributed by atoms with Crippen LogP contribution in [-0.2, 0) is 16.0 Å². The van der Waals surface area contributed by atoms with E-state index in [-0.39, 0.29) is 18.6 Å². The average Bonchev–Trinajstić information content (AvgIpc) is 2.74. The minimum absolute atomic E-state index is 0.155. The number of carbonyl (C=O) groups is 2. The fraction of sp³-hybridized carbons (Fsp3) is 0.167. The molecule has 3 rings (SSSR count). The molecule has 0 fully saturated rings. The van der Waals surface area contributed by atoms with E-state index >= 15 is 0 Å². The molecule has 1 N–H and O–H groups in total. The van der Waals surface area contributed by atoms with Crippen LogP contribution in [0.3, 0.4) is 0 Å². The molecule has 0 aliphatic carbocycles. The Bertz CT molecular complexity index is 923. The van der Waals surface area contributed by atoms with Crippen molar-refractivity contribution in [3.8, 4) is 0 Å². The molecule has 4 heteroatoms. The zero-order valence-electron chi connectivity index (χ0n) is 15.8. The molecule has 3 aromatic rings. The fourth-order valence-corrected chi connectivity index (χ4v) is 3.01. The van der Waals surface area contributed by atoms with E-state index in [0.717, 1.165) is 16.7 Å². The third kappa shape index (κ3) is 5.30. The summed E-state index contributed by atoms with van der Waals surface area (Å²) in [5, 5.41) is 2.84. The van der Waals surface area contributed by atoms with Gasteiger partial charge in [-0.25, -0.2) is 4.79 Å². The van der Waals surface area contributed by atoms with Crippen molar-refractivity contribution < 1.29 is 14.3 Å². The van der Waals surface area contributed by atoms with Crippen LogP contribution >= 0.6 is 0 Å². The van der Waals surface area contributed by atoms with Gasteiger partial charge in [0.2, 0.25) is 0 Å². The summed E-state index contributed by atoms with van der Waals surface area (Å²) in [6, 6.07) is 26.7. The van der Waals surface area contributed by atoms with E-state index in [2.05, 4.69) is 5.32 Å². The van der Waals surface area contributed by atoms with Crippen molar-refractivity contribution >= 4 is 11.9 Å². The predicted molar refractivity (Wildman–Crippen MR) is 109 cm³/mol. The monoisotopic (exact) mass is 373 g/mol. The number of hydrogen-bond acceptors (Lipinski definition) is 3. The van der Waals surface area contributed by atoms with E-state index in [1.165, 1.54) is 0 Å². The van der Waals surface area contributed by atoms with Crippen molar-refractivity contribution in [1.82, 2.24) is 5.32 Å². The first kappa shape index (κ1) is 19.4. The minimum atomic E-state index is -0.492. The molecule has 1 amide bonds. The summed E-state index contributed by atoms with van der Waals surface area (Å²) in [6.45, 7) is 1.58. The van der Waals surface area contributed by atoms with Gasteiger partial charge >= 0.3 is 5.97 Å². The standard InChI is InChI=1S/C24H23NO3/c1-18(20-12-6-3-7-13-20)25-23(26)17-28-24(27)22-15-9-8-14-21(22)16-19-10-4-2-5-11-19/h2-15,18H,16-17H2,1H3,(H,25,26)/t18-/m0/s1. The molecule has 3 aromatic carbocycles. The lowest BCUT2D eigenvalue weighted by Crippen LogP contribution is -2.31. The molecule has 0 aliphatic heterocycles. The Morgan fingerprint density at radius 2 is 1.46 bits per heavy atom. The van der Waals surface area contributed by atoms with Crippen LogP contribution in [0, 0.1) is 0 Å². The lowest BCUT2D eigenvalue weighted by atomic mass is 10.00. The zero-order valence-corrected chi connectivity index (χ0v) is 15.8. The van der Waals surface area contributed by atoms with Gasteiger partial charge in [0.15, 0.2) is 6.61 Å². The van der Waals surface area contributed by atoms with Crippen LogP contribution in [0.5, 0.6) is 0 Å². The molecule has 0 saturated heterocycles. The highest BCUT2D eigenvalue weighted by atomic mass is 16.5. The van der Waals surface area contributed by atoms with Crippen LogP contribution in [0.1, 0.15) is 40.0 Å². The number of benzene rings is 3. The number of rotatable bonds is 7. The number of amides is 1. The zero-order chi connectivity index (χ0) is 19.8. The summed E-state index contributed by atoms with van der Waals surface area (Å²) < 4.78 is 5.25. The van der Waals surface area contributed by atoms with Gasteiger partial charge in [-0.1, -0.05) is 78.9 Å². The Labute approximate surface area is 165 Å². The van der Waals surface area contributed by atoms with Crippen molar-refractivity contribution in [3.63, 3.8) is 0 Å². The summed E-state index contributed by atoms with van der Waals surface area (Å²) in [7, 11) is 0. The first-order valence-corrected chi connectivity index (χ1v) is 9.27. The molecule has 0 aliphatic rings. The summed E-state index contributed by atoms with van der Waals surface area (Å²) >= 11 is 0. The van der Waals surface area contributed by atoms with Crippen LogP contribution in [0.15, 0.2) is 84.9 Å². The number of ether oxygens (including phenoxy) is 1. The lowest BCUT2D eigenvalue weighted by Gasteiger charge is -2.15. The summed E-state index contributed by atoms with van der Waals surface area (Å²) in [5.41, 5.74) is 3.46. The first-order valence-electron chi connectivity index (χ1n) is 9.27. The van der Waals surface area contributed by atoms with Crippen molar-refractivity contribution in [2.75, 3.05) is 6.61 Å². The van der Waals surface area contributed by atoms with E-state index < -0.39 is 5.97 Å². The lowest BCUT2D eigenvalue weighted by molar-refractivity contribution is -0.124. The molecule has 0 saturated carbocycles. The Balaban J connectivity index is 1.58. The number of nitrogens with one attached hydrogen (secondary N) is 1. The van der Waals surface area contributed by atoms with Crippen molar-refractivity contribution in [2.45, 2.75) is 19.4 Å². The Morgan fingerprint density at radius 3 is 2.18 bits per heavy atom. The Hall–Kier alpha value is -3.40. The van der Waals surface area contributed by atoms with Crippen molar-refractivity contribution in [1.29, 1.82) is 0 Å². The SMILES string of the molecule is C[C@H](NC(=O)COC(=O)c1ccccc1Cc1ccccc1)c1ccccc1. The Kier molecular flexibility index (Phi) is 6.58. The maximum absolute atomic E-state index is 12.5. The molecular weight excluding hydrogens is 350 g/mol. The van der Waals surface area contributed by atoms with Gasteiger partial charge in [-0.05, 0) is 36.1 Å². The molecule has 4 nitrogen and oxygen atoms in total. The second-order valence-electron chi connectivity index (χ2n) is 6.60. The predicted octanol–water partition coefficient (Wildman–Crippen LogP) is 4.31. The van der Waals surface area contributed by atoms with Gasteiger partial charge in [-0.3, -0.25) is 4.79 Å². The van der Waals surface area contributed by atoms with E-state index in [4.69, 9.17) is 4.74 Å². The maximum atomic E-state index is 12.5. The van der Waals surface area contributed by atoms with E-state index in [1.807, 2.05) is 79.7 Å². The first-order chi connectivity index (χ1) is 13.6. The number of carbonyl (C=O) groups excluding carboxylic acids is 2. The van der Waals surface area contributed by atoms with Gasteiger partial charge in [-0.15, -0.1) is 0 Å². The number of hydrogen-bond donors (Lipinski definition) is 1. The van der Waals surface area contributed by atoms with E-state index in [0.29, 0.717) is 12.0 Å². The molecule has 1 atom stereocenters. The van der Waals surface area contributed by atoms with Gasteiger partial charge in [0.1, 0.15) is 0 Å². The summed E-state index contributed by atoms with van der Waals surface area (Å²) in [4.78, 5) is 24.7. The molecule has 0 radical (unpaired) electrons. The normalized spacial score (nSPS) is 11.5. The van der Waals surface area contributed by atoms with Gasteiger partial charge in [0, 0.05) is 0 Å². The topological polar surface area (TPSA) is 55.4 Å². The third-order valence-electron chi connectivity index (χ3n) is 4.49. The van der Waals surface area contributed by atoms with Crippen LogP contribution in [0.2, 0.25) is 0 Å². The third-order valence-corrected chi connectivity index (χ3v) is 4.49. The fourth-order valence-electron chi connectivity index (χ4n) is 3.01. The average molecular weight is 373 g/mol. The highest BCUT2D eigenvalue weighted by Gasteiger charge is 2.15. The van der Waals surface area contributed by atoms with Crippen LogP contribution in [0.4, 0.5) is 0 Å².